The van der Waals surface area contributed by atoms with E-state index in [4.69, 9.17) is 4.74 Å². The summed E-state index contributed by atoms with van der Waals surface area (Å²) in [6.45, 7) is 5.52. The third-order valence-corrected chi connectivity index (χ3v) is 6.47. The fraction of sp³-hybridized carbons (Fsp3) is 0.611. The molecule has 2 aliphatic rings. The number of nitrogens with zero attached hydrogens (tertiary/aromatic N) is 2. The molecule has 0 bridgehead atoms. The quantitative estimate of drug-likeness (QED) is 0.567. The van der Waals surface area contributed by atoms with Gasteiger partial charge in [-0.15, -0.1) is 0 Å². The van der Waals surface area contributed by atoms with E-state index in [2.05, 4.69) is 15.6 Å². The van der Waals surface area contributed by atoms with Gasteiger partial charge in [-0.25, -0.2) is 17.8 Å². The van der Waals surface area contributed by atoms with E-state index in [0.29, 0.717) is 57.5 Å². The van der Waals surface area contributed by atoms with Gasteiger partial charge in [-0.05, 0) is 31.0 Å². The summed E-state index contributed by atoms with van der Waals surface area (Å²) < 4.78 is 43.0. The average Bonchev–Trinajstić information content (AvgIpc) is 2.99. The number of aliphatic imine (C=N–C) groups is 1. The molecule has 9 heteroatoms. The normalized spacial score (nSPS) is 22.7. The van der Waals surface area contributed by atoms with Gasteiger partial charge in [0.1, 0.15) is 5.82 Å². The average molecular weight is 399 g/mol. The molecule has 0 spiro atoms. The number of guanidine groups is 1. The van der Waals surface area contributed by atoms with E-state index in [0.717, 1.165) is 5.56 Å². The van der Waals surface area contributed by atoms with Crippen LogP contribution in [-0.4, -0.2) is 64.8 Å². The van der Waals surface area contributed by atoms with Gasteiger partial charge < -0.3 is 20.3 Å². The number of ether oxygens (including phenoxy) is 1. The summed E-state index contributed by atoms with van der Waals surface area (Å²) in [5, 5.41) is 6.28. The van der Waals surface area contributed by atoms with E-state index < -0.39 is 9.84 Å². The molecular formula is C18H27FN4O3S. The van der Waals surface area contributed by atoms with Gasteiger partial charge >= 0.3 is 0 Å². The number of hydrogen-bond acceptors (Lipinski definition) is 5. The topological polar surface area (TPSA) is 83.0 Å². The Morgan fingerprint density at radius 3 is 2.78 bits per heavy atom. The van der Waals surface area contributed by atoms with E-state index in [9.17, 15) is 12.8 Å². The molecule has 2 aliphatic heterocycles. The van der Waals surface area contributed by atoms with Gasteiger partial charge in [0, 0.05) is 25.7 Å². The molecule has 0 aliphatic carbocycles. The first-order chi connectivity index (χ1) is 13.0. The second kappa shape index (κ2) is 8.88. The zero-order valence-corrected chi connectivity index (χ0v) is 16.4. The van der Waals surface area contributed by atoms with Crippen LogP contribution >= 0.6 is 0 Å². The van der Waals surface area contributed by atoms with Crippen molar-refractivity contribution >= 4 is 21.5 Å². The summed E-state index contributed by atoms with van der Waals surface area (Å²) in [4.78, 5) is 6.46. The second-order valence-electron chi connectivity index (χ2n) is 6.82. The number of rotatable bonds is 5. The Labute approximate surface area is 159 Å². The summed E-state index contributed by atoms with van der Waals surface area (Å²) in [5.74, 6) is 0.625. The van der Waals surface area contributed by atoms with Gasteiger partial charge in [0.2, 0.25) is 0 Å². The number of benzene rings is 1. The van der Waals surface area contributed by atoms with Crippen molar-refractivity contribution in [3.05, 3.63) is 29.6 Å². The predicted molar refractivity (Wildman–Crippen MR) is 104 cm³/mol. The fourth-order valence-electron chi connectivity index (χ4n) is 3.30. The van der Waals surface area contributed by atoms with Crippen molar-refractivity contribution < 1.29 is 17.5 Å². The minimum absolute atomic E-state index is 0.125. The smallest absolute Gasteiger partial charge is 0.191 e. The lowest BCUT2D eigenvalue weighted by Crippen LogP contribution is -2.44. The molecule has 1 unspecified atom stereocenters. The SMILES string of the molecule is CCNC(=NCc1ccc(N2CCOCC2)c(F)c1)NC1CCS(=O)(=O)C1. The third-order valence-electron chi connectivity index (χ3n) is 4.70. The van der Waals surface area contributed by atoms with Gasteiger partial charge in [0.25, 0.3) is 0 Å². The van der Waals surface area contributed by atoms with E-state index in [1.165, 1.54) is 6.07 Å². The summed E-state index contributed by atoms with van der Waals surface area (Å²) in [6.07, 6.45) is 0.579. The molecule has 1 aromatic rings. The van der Waals surface area contributed by atoms with Crippen LogP contribution in [0.15, 0.2) is 23.2 Å². The van der Waals surface area contributed by atoms with E-state index in [-0.39, 0.29) is 23.4 Å². The van der Waals surface area contributed by atoms with Crippen molar-refractivity contribution in [2.45, 2.75) is 25.9 Å². The second-order valence-corrected chi connectivity index (χ2v) is 9.05. The van der Waals surface area contributed by atoms with Crippen LogP contribution in [0.4, 0.5) is 10.1 Å². The molecule has 0 saturated carbocycles. The lowest BCUT2D eigenvalue weighted by Gasteiger charge is -2.29. The van der Waals surface area contributed by atoms with Crippen molar-refractivity contribution in [3.63, 3.8) is 0 Å². The Bertz CT molecular complexity index is 779. The molecule has 150 valence electrons. The molecule has 1 atom stereocenters. The van der Waals surface area contributed by atoms with Gasteiger partial charge in [-0.3, -0.25) is 0 Å². The maximum atomic E-state index is 14.5. The molecule has 2 fully saturated rings. The molecular weight excluding hydrogens is 371 g/mol. The molecule has 3 rings (SSSR count). The van der Waals surface area contributed by atoms with Crippen LogP contribution in [0.1, 0.15) is 18.9 Å². The summed E-state index contributed by atoms with van der Waals surface area (Å²) in [5.41, 5.74) is 1.35. The third kappa shape index (κ3) is 5.55. The van der Waals surface area contributed by atoms with E-state index in [1.54, 1.807) is 6.07 Å². The highest BCUT2D eigenvalue weighted by molar-refractivity contribution is 7.91. The van der Waals surface area contributed by atoms with Crippen molar-refractivity contribution in [1.82, 2.24) is 10.6 Å². The first-order valence-corrected chi connectivity index (χ1v) is 11.2. The van der Waals surface area contributed by atoms with Gasteiger partial charge in [0.15, 0.2) is 15.8 Å². The van der Waals surface area contributed by atoms with Crippen LogP contribution in [0, 0.1) is 5.82 Å². The highest BCUT2D eigenvalue weighted by Gasteiger charge is 2.28. The van der Waals surface area contributed by atoms with Crippen LogP contribution in [0.2, 0.25) is 0 Å². The number of sulfone groups is 1. The van der Waals surface area contributed by atoms with Crippen LogP contribution in [-0.2, 0) is 21.1 Å². The summed E-state index contributed by atoms with van der Waals surface area (Å²) in [7, 11) is -2.95. The molecule has 0 radical (unpaired) electrons. The fourth-order valence-corrected chi connectivity index (χ4v) is 4.98. The van der Waals surface area contributed by atoms with Crippen molar-refractivity contribution in [2.75, 3.05) is 49.3 Å². The molecule has 1 aromatic carbocycles. The lowest BCUT2D eigenvalue weighted by atomic mass is 10.1. The van der Waals surface area contributed by atoms with Crippen molar-refractivity contribution in [3.8, 4) is 0 Å². The maximum Gasteiger partial charge on any atom is 0.191 e. The minimum atomic E-state index is -2.95. The van der Waals surface area contributed by atoms with Crippen LogP contribution in [0.25, 0.3) is 0 Å². The van der Waals surface area contributed by atoms with E-state index in [1.807, 2.05) is 17.9 Å². The highest BCUT2D eigenvalue weighted by atomic mass is 32.2. The lowest BCUT2D eigenvalue weighted by molar-refractivity contribution is 0.122. The Balaban J connectivity index is 1.64. The molecule has 2 heterocycles. The summed E-state index contributed by atoms with van der Waals surface area (Å²) in [6, 6.07) is 5.04. The predicted octanol–water partition coefficient (Wildman–Crippen LogP) is 0.905. The highest BCUT2D eigenvalue weighted by Crippen LogP contribution is 2.22. The molecule has 0 amide bonds. The number of anilines is 1. The maximum absolute atomic E-state index is 14.5. The van der Waals surface area contributed by atoms with Crippen LogP contribution in [0.3, 0.4) is 0 Å². The molecule has 27 heavy (non-hydrogen) atoms. The van der Waals surface area contributed by atoms with Gasteiger partial charge in [0.05, 0.1) is 37.0 Å². The molecule has 2 N–H and O–H groups in total. The Morgan fingerprint density at radius 1 is 1.37 bits per heavy atom. The number of nitrogens with one attached hydrogen (secondary N) is 2. The van der Waals surface area contributed by atoms with Crippen molar-refractivity contribution in [1.29, 1.82) is 0 Å². The molecule has 7 nitrogen and oxygen atoms in total. The van der Waals surface area contributed by atoms with E-state index >= 15 is 0 Å². The Morgan fingerprint density at radius 2 is 2.15 bits per heavy atom. The number of hydrogen-bond donors (Lipinski definition) is 2. The van der Waals surface area contributed by atoms with Crippen LogP contribution in [0.5, 0.6) is 0 Å². The Hall–Kier alpha value is -1.87. The number of halogens is 1. The first kappa shape index (κ1) is 19.9. The molecule has 0 aromatic heterocycles. The molecule has 2 saturated heterocycles. The van der Waals surface area contributed by atoms with Crippen LogP contribution < -0.4 is 15.5 Å². The standard InChI is InChI=1S/C18H27FN4O3S/c1-2-20-18(22-15-5-10-27(24,25)13-15)21-12-14-3-4-17(16(19)11-14)23-6-8-26-9-7-23/h3-4,11,15H,2,5-10,12-13H2,1H3,(H2,20,21,22). The number of morpholine rings is 1. The largest absolute Gasteiger partial charge is 0.378 e. The van der Waals surface area contributed by atoms with Crippen molar-refractivity contribution in [2.24, 2.45) is 4.99 Å². The summed E-state index contributed by atoms with van der Waals surface area (Å²) >= 11 is 0. The zero-order valence-electron chi connectivity index (χ0n) is 15.6. The first-order valence-electron chi connectivity index (χ1n) is 9.33. The Kier molecular flexibility index (Phi) is 6.54. The van der Waals surface area contributed by atoms with Gasteiger partial charge in [-0.1, -0.05) is 6.07 Å². The minimum Gasteiger partial charge on any atom is -0.378 e. The van der Waals surface area contributed by atoms with Gasteiger partial charge in [-0.2, -0.15) is 0 Å². The monoisotopic (exact) mass is 398 g/mol. The zero-order chi connectivity index (χ0) is 19.3.